The first-order chi connectivity index (χ1) is 12.5. The van der Waals surface area contributed by atoms with Crippen molar-refractivity contribution in [2.45, 2.75) is 18.9 Å². The van der Waals surface area contributed by atoms with E-state index in [2.05, 4.69) is 5.32 Å². The second-order valence-corrected chi connectivity index (χ2v) is 6.44. The number of amides is 2. The summed E-state index contributed by atoms with van der Waals surface area (Å²) < 4.78 is 18.5. The Hall–Kier alpha value is -2.60. The second kappa shape index (κ2) is 7.74. The van der Waals surface area contributed by atoms with Gasteiger partial charge in [0.1, 0.15) is 17.6 Å². The first kappa shape index (κ1) is 18.2. The number of carbonyl (C=O) groups is 2. The first-order valence-corrected chi connectivity index (χ1v) is 8.58. The molecule has 0 aliphatic carbocycles. The van der Waals surface area contributed by atoms with E-state index >= 15 is 0 Å². The minimum atomic E-state index is -0.630. The van der Waals surface area contributed by atoms with Gasteiger partial charge in [-0.2, -0.15) is 0 Å². The predicted octanol–water partition coefficient (Wildman–Crippen LogP) is 3.73. The average molecular weight is 377 g/mol. The number of benzene rings is 2. The fourth-order valence-electron chi connectivity index (χ4n) is 3.08. The molecule has 2 amide bonds. The minimum Gasteiger partial charge on any atom is -0.496 e. The lowest BCUT2D eigenvalue weighted by Crippen LogP contribution is -2.43. The van der Waals surface area contributed by atoms with Gasteiger partial charge in [-0.3, -0.25) is 9.59 Å². The Labute approximate surface area is 155 Å². The van der Waals surface area contributed by atoms with Crippen LogP contribution in [0.5, 0.6) is 5.75 Å². The van der Waals surface area contributed by atoms with E-state index in [1.165, 1.54) is 36.3 Å². The lowest BCUT2D eigenvalue weighted by Gasteiger charge is -2.25. The van der Waals surface area contributed by atoms with Crippen molar-refractivity contribution in [1.29, 1.82) is 0 Å². The number of likely N-dealkylation sites (tertiary alicyclic amines) is 1. The van der Waals surface area contributed by atoms with Crippen LogP contribution in [0.3, 0.4) is 0 Å². The number of nitrogens with one attached hydrogen (secondary N) is 1. The fraction of sp³-hybridized carbons (Fsp3) is 0.263. The van der Waals surface area contributed by atoms with Gasteiger partial charge in [0, 0.05) is 17.3 Å². The monoisotopic (exact) mass is 376 g/mol. The number of rotatable bonds is 4. The van der Waals surface area contributed by atoms with Crippen molar-refractivity contribution in [2.75, 3.05) is 19.0 Å². The zero-order valence-corrected chi connectivity index (χ0v) is 14.9. The van der Waals surface area contributed by atoms with Crippen molar-refractivity contribution in [3.8, 4) is 5.75 Å². The smallest absolute Gasteiger partial charge is 0.258 e. The van der Waals surface area contributed by atoms with Gasteiger partial charge in [0.15, 0.2) is 0 Å². The van der Waals surface area contributed by atoms with E-state index in [0.717, 1.165) is 0 Å². The highest BCUT2D eigenvalue weighted by Crippen LogP contribution is 2.28. The standard InChI is InChI=1S/C19H18ClFN2O3/c1-26-17-8-7-12(20)10-15(17)19(25)23-9-3-6-16(23)18(24)22-14-5-2-4-13(21)11-14/h2,4-5,7-8,10-11,16H,3,6,9H2,1H3,(H,22,24). The lowest BCUT2D eigenvalue weighted by molar-refractivity contribution is -0.119. The van der Waals surface area contributed by atoms with E-state index in [-0.39, 0.29) is 11.8 Å². The summed E-state index contributed by atoms with van der Waals surface area (Å²) in [6.07, 6.45) is 1.24. The molecule has 1 N–H and O–H groups in total. The number of methoxy groups -OCH3 is 1. The molecule has 1 aliphatic rings. The van der Waals surface area contributed by atoms with Crippen LogP contribution in [0.25, 0.3) is 0 Å². The van der Waals surface area contributed by atoms with Crippen LogP contribution in [-0.4, -0.2) is 36.4 Å². The molecular formula is C19H18ClFN2O3. The molecule has 1 saturated heterocycles. The van der Waals surface area contributed by atoms with Crippen LogP contribution in [0.4, 0.5) is 10.1 Å². The lowest BCUT2D eigenvalue weighted by atomic mass is 10.1. The van der Waals surface area contributed by atoms with E-state index < -0.39 is 11.9 Å². The molecule has 0 radical (unpaired) electrons. The molecule has 3 rings (SSSR count). The third-order valence-corrected chi connectivity index (χ3v) is 4.54. The molecule has 1 atom stereocenters. The maximum atomic E-state index is 13.3. The third kappa shape index (κ3) is 3.80. The summed E-state index contributed by atoms with van der Waals surface area (Å²) in [5, 5.41) is 3.08. The summed E-state index contributed by atoms with van der Waals surface area (Å²) in [6.45, 7) is 0.454. The molecule has 1 unspecified atom stereocenters. The predicted molar refractivity (Wildman–Crippen MR) is 97.1 cm³/mol. The zero-order chi connectivity index (χ0) is 18.7. The van der Waals surface area contributed by atoms with Crippen LogP contribution < -0.4 is 10.1 Å². The highest BCUT2D eigenvalue weighted by molar-refractivity contribution is 6.31. The number of anilines is 1. The third-order valence-electron chi connectivity index (χ3n) is 4.30. The largest absolute Gasteiger partial charge is 0.496 e. The van der Waals surface area contributed by atoms with Gasteiger partial charge in [-0.1, -0.05) is 17.7 Å². The number of ether oxygens (including phenoxy) is 1. The van der Waals surface area contributed by atoms with Crippen molar-refractivity contribution in [1.82, 2.24) is 4.90 Å². The molecule has 0 spiro atoms. The van der Waals surface area contributed by atoms with E-state index in [1.54, 1.807) is 18.2 Å². The van der Waals surface area contributed by atoms with Gasteiger partial charge in [-0.05, 0) is 49.2 Å². The Kier molecular flexibility index (Phi) is 5.42. The van der Waals surface area contributed by atoms with Crippen molar-refractivity contribution in [3.05, 3.63) is 58.9 Å². The number of hydrogen-bond donors (Lipinski definition) is 1. The molecule has 0 aromatic heterocycles. The average Bonchev–Trinajstić information content (AvgIpc) is 3.11. The van der Waals surface area contributed by atoms with E-state index in [4.69, 9.17) is 16.3 Å². The van der Waals surface area contributed by atoms with E-state index in [1.807, 2.05) is 0 Å². The molecule has 136 valence electrons. The SMILES string of the molecule is COc1ccc(Cl)cc1C(=O)N1CCCC1C(=O)Nc1cccc(F)c1. The van der Waals surface area contributed by atoms with Gasteiger partial charge in [0.05, 0.1) is 12.7 Å². The number of hydrogen-bond acceptors (Lipinski definition) is 3. The van der Waals surface area contributed by atoms with Crippen molar-refractivity contribution in [2.24, 2.45) is 0 Å². The summed E-state index contributed by atoms with van der Waals surface area (Å²) >= 11 is 6.00. The van der Waals surface area contributed by atoms with Crippen molar-refractivity contribution in [3.63, 3.8) is 0 Å². The number of nitrogens with zero attached hydrogens (tertiary/aromatic N) is 1. The molecule has 0 saturated carbocycles. The Bertz CT molecular complexity index is 843. The minimum absolute atomic E-state index is 0.311. The molecular weight excluding hydrogens is 359 g/mol. The van der Waals surface area contributed by atoms with Crippen molar-refractivity contribution < 1.29 is 18.7 Å². The maximum absolute atomic E-state index is 13.3. The van der Waals surface area contributed by atoms with Gasteiger partial charge >= 0.3 is 0 Å². The van der Waals surface area contributed by atoms with Gasteiger partial charge in [-0.15, -0.1) is 0 Å². The second-order valence-electron chi connectivity index (χ2n) is 6.00. The van der Waals surface area contributed by atoms with Crippen LogP contribution in [0.1, 0.15) is 23.2 Å². The number of halogens is 2. The van der Waals surface area contributed by atoms with E-state index in [9.17, 15) is 14.0 Å². The van der Waals surface area contributed by atoms with Gasteiger partial charge < -0.3 is 15.0 Å². The topological polar surface area (TPSA) is 58.6 Å². The van der Waals surface area contributed by atoms with Gasteiger partial charge in [0.25, 0.3) is 5.91 Å². The maximum Gasteiger partial charge on any atom is 0.258 e. The Morgan fingerprint density at radius 3 is 2.81 bits per heavy atom. The highest BCUT2D eigenvalue weighted by Gasteiger charge is 2.35. The van der Waals surface area contributed by atoms with Gasteiger partial charge in [0.2, 0.25) is 5.91 Å². The first-order valence-electron chi connectivity index (χ1n) is 8.20. The summed E-state index contributed by atoms with van der Waals surface area (Å²) in [6, 6.07) is 9.80. The van der Waals surface area contributed by atoms with Crippen LogP contribution in [-0.2, 0) is 4.79 Å². The molecule has 5 nitrogen and oxygen atoms in total. The summed E-state index contributed by atoms with van der Waals surface area (Å²) in [7, 11) is 1.47. The molecule has 2 aromatic carbocycles. The van der Waals surface area contributed by atoms with Crippen LogP contribution >= 0.6 is 11.6 Å². The Morgan fingerprint density at radius 2 is 2.08 bits per heavy atom. The summed E-state index contributed by atoms with van der Waals surface area (Å²) in [5.74, 6) is -0.704. The number of carbonyl (C=O) groups excluding carboxylic acids is 2. The molecule has 7 heteroatoms. The molecule has 1 aliphatic heterocycles. The molecule has 2 aromatic rings. The molecule has 26 heavy (non-hydrogen) atoms. The van der Waals surface area contributed by atoms with Crippen molar-refractivity contribution >= 4 is 29.1 Å². The Morgan fingerprint density at radius 1 is 1.27 bits per heavy atom. The van der Waals surface area contributed by atoms with Crippen LogP contribution in [0, 0.1) is 5.82 Å². The Balaban J connectivity index is 1.80. The van der Waals surface area contributed by atoms with Crippen LogP contribution in [0.15, 0.2) is 42.5 Å². The molecule has 1 fully saturated rings. The molecule has 0 bridgehead atoms. The summed E-state index contributed by atoms with van der Waals surface area (Å²) in [4.78, 5) is 27.1. The quantitative estimate of drug-likeness (QED) is 0.884. The highest BCUT2D eigenvalue weighted by atomic mass is 35.5. The van der Waals surface area contributed by atoms with E-state index in [0.29, 0.717) is 41.4 Å². The van der Waals surface area contributed by atoms with Gasteiger partial charge in [-0.25, -0.2) is 4.39 Å². The fourth-order valence-corrected chi connectivity index (χ4v) is 3.25. The normalized spacial score (nSPS) is 16.4. The summed E-state index contributed by atoms with van der Waals surface area (Å²) in [5.41, 5.74) is 0.667. The zero-order valence-electron chi connectivity index (χ0n) is 14.2. The van der Waals surface area contributed by atoms with Crippen LogP contribution in [0.2, 0.25) is 5.02 Å². The molecule has 1 heterocycles.